The summed E-state index contributed by atoms with van der Waals surface area (Å²) in [7, 11) is 0. The summed E-state index contributed by atoms with van der Waals surface area (Å²) in [5.41, 5.74) is 4.94. The number of halogens is 1. The predicted molar refractivity (Wildman–Crippen MR) is 87.6 cm³/mol. The van der Waals surface area contributed by atoms with Crippen LogP contribution in [0.15, 0.2) is 40.9 Å². The number of aliphatic hydroxyl groups is 1. The average Bonchev–Trinajstić information content (AvgIpc) is 2.93. The lowest BCUT2D eigenvalue weighted by molar-refractivity contribution is 0.190. The van der Waals surface area contributed by atoms with Crippen molar-refractivity contribution in [2.24, 2.45) is 0 Å². The Labute approximate surface area is 133 Å². The summed E-state index contributed by atoms with van der Waals surface area (Å²) >= 11 is 3.43. The van der Waals surface area contributed by atoms with E-state index in [1.54, 1.807) is 6.92 Å². The van der Waals surface area contributed by atoms with Crippen molar-refractivity contribution in [1.29, 1.82) is 0 Å². The molecule has 0 heterocycles. The number of rotatable bonds is 4. The topological polar surface area (TPSA) is 29.5 Å². The summed E-state index contributed by atoms with van der Waals surface area (Å²) in [6.07, 6.45) is 3.10. The van der Waals surface area contributed by atoms with Gasteiger partial charge in [0.1, 0.15) is 12.4 Å². The van der Waals surface area contributed by atoms with Crippen molar-refractivity contribution in [3.63, 3.8) is 0 Å². The molecule has 1 N–H and O–H groups in total. The Morgan fingerprint density at radius 1 is 1.14 bits per heavy atom. The molecule has 0 saturated carbocycles. The second-order valence-electron chi connectivity index (χ2n) is 5.60. The molecule has 0 aromatic heterocycles. The highest BCUT2D eigenvalue weighted by molar-refractivity contribution is 9.10. The zero-order valence-corrected chi connectivity index (χ0v) is 13.7. The van der Waals surface area contributed by atoms with Crippen LogP contribution in [0.2, 0.25) is 0 Å². The second-order valence-corrected chi connectivity index (χ2v) is 6.52. The second kappa shape index (κ2) is 6.20. The van der Waals surface area contributed by atoms with Crippen LogP contribution < -0.4 is 4.74 Å². The van der Waals surface area contributed by atoms with Gasteiger partial charge in [-0.1, -0.05) is 34.1 Å². The van der Waals surface area contributed by atoms with Gasteiger partial charge < -0.3 is 9.84 Å². The van der Waals surface area contributed by atoms with Crippen molar-refractivity contribution in [1.82, 2.24) is 0 Å². The molecule has 0 fully saturated rings. The summed E-state index contributed by atoms with van der Waals surface area (Å²) in [4.78, 5) is 0. The van der Waals surface area contributed by atoms with Crippen LogP contribution in [0.3, 0.4) is 0 Å². The Morgan fingerprint density at radius 2 is 1.95 bits per heavy atom. The number of hydrogen-bond acceptors (Lipinski definition) is 2. The molecular weight excluding hydrogens is 328 g/mol. The third kappa shape index (κ3) is 3.30. The van der Waals surface area contributed by atoms with Gasteiger partial charge in [-0.15, -0.1) is 0 Å². The number of ether oxygens (including phenoxy) is 1. The minimum Gasteiger partial charge on any atom is -0.489 e. The van der Waals surface area contributed by atoms with Gasteiger partial charge in [0, 0.05) is 10.0 Å². The summed E-state index contributed by atoms with van der Waals surface area (Å²) in [5.74, 6) is 0.744. The van der Waals surface area contributed by atoms with Crippen LogP contribution >= 0.6 is 15.9 Å². The molecule has 0 bridgehead atoms. The fraction of sp³-hybridized carbons (Fsp3) is 0.333. The van der Waals surface area contributed by atoms with E-state index >= 15 is 0 Å². The Hall–Kier alpha value is -1.32. The molecule has 0 unspecified atom stereocenters. The van der Waals surface area contributed by atoms with Crippen molar-refractivity contribution in [2.75, 3.05) is 0 Å². The van der Waals surface area contributed by atoms with Gasteiger partial charge in [0.15, 0.2) is 0 Å². The fourth-order valence-electron chi connectivity index (χ4n) is 2.85. The average molecular weight is 347 g/mol. The minimum atomic E-state index is -0.544. The maximum atomic E-state index is 9.85. The number of benzene rings is 2. The van der Waals surface area contributed by atoms with E-state index in [-0.39, 0.29) is 0 Å². The Kier molecular flexibility index (Phi) is 4.32. The van der Waals surface area contributed by atoms with Crippen LogP contribution in [-0.4, -0.2) is 5.11 Å². The minimum absolute atomic E-state index is 0.536. The van der Waals surface area contributed by atoms with Crippen molar-refractivity contribution in [3.8, 4) is 5.75 Å². The van der Waals surface area contributed by atoms with Crippen LogP contribution in [0.1, 0.15) is 41.7 Å². The van der Waals surface area contributed by atoms with E-state index in [9.17, 15) is 5.11 Å². The Balaban J connectivity index is 1.76. The van der Waals surface area contributed by atoms with Crippen LogP contribution in [0.25, 0.3) is 0 Å². The number of hydrogen-bond donors (Lipinski definition) is 1. The van der Waals surface area contributed by atoms with Crippen LogP contribution in [0.5, 0.6) is 5.75 Å². The van der Waals surface area contributed by atoms with E-state index in [0.717, 1.165) is 15.8 Å². The first-order valence-corrected chi connectivity index (χ1v) is 8.14. The van der Waals surface area contributed by atoms with Crippen LogP contribution in [0, 0.1) is 0 Å². The normalized spacial score (nSPS) is 14.8. The van der Waals surface area contributed by atoms with E-state index in [0.29, 0.717) is 6.61 Å². The van der Waals surface area contributed by atoms with Crippen LogP contribution in [-0.2, 0) is 19.4 Å². The third-order valence-electron chi connectivity index (χ3n) is 3.98. The van der Waals surface area contributed by atoms with Gasteiger partial charge in [-0.05, 0) is 61.1 Å². The first-order valence-electron chi connectivity index (χ1n) is 7.34. The van der Waals surface area contributed by atoms with Gasteiger partial charge in [-0.3, -0.25) is 0 Å². The highest BCUT2D eigenvalue weighted by Gasteiger charge is 2.12. The molecule has 1 aliphatic carbocycles. The number of aryl methyl sites for hydroxylation is 2. The highest BCUT2D eigenvalue weighted by Crippen LogP contribution is 2.29. The van der Waals surface area contributed by atoms with Gasteiger partial charge in [0.05, 0.1) is 6.10 Å². The predicted octanol–water partition coefficient (Wildman–Crippen LogP) is 4.57. The molecule has 0 spiro atoms. The Morgan fingerprint density at radius 3 is 2.76 bits per heavy atom. The van der Waals surface area contributed by atoms with E-state index in [1.165, 1.54) is 36.0 Å². The largest absolute Gasteiger partial charge is 0.489 e. The smallest absolute Gasteiger partial charge is 0.125 e. The molecule has 0 saturated heterocycles. The molecule has 2 nitrogen and oxygen atoms in total. The van der Waals surface area contributed by atoms with Gasteiger partial charge in [0.25, 0.3) is 0 Å². The molecule has 1 atom stereocenters. The zero-order valence-electron chi connectivity index (χ0n) is 12.1. The summed E-state index contributed by atoms with van der Waals surface area (Å²) in [5, 5.41) is 9.85. The molecule has 110 valence electrons. The molecule has 0 amide bonds. The highest BCUT2D eigenvalue weighted by atomic mass is 79.9. The van der Waals surface area contributed by atoms with E-state index in [1.807, 2.05) is 18.2 Å². The molecule has 2 aromatic carbocycles. The zero-order chi connectivity index (χ0) is 14.8. The molecule has 0 radical (unpaired) electrons. The quantitative estimate of drug-likeness (QED) is 0.878. The molecule has 2 aromatic rings. The van der Waals surface area contributed by atoms with Gasteiger partial charge in [0.2, 0.25) is 0 Å². The van der Waals surface area contributed by atoms with Crippen molar-refractivity contribution in [2.45, 2.75) is 38.9 Å². The van der Waals surface area contributed by atoms with Gasteiger partial charge >= 0.3 is 0 Å². The number of aliphatic hydroxyl groups excluding tert-OH is 1. The first-order chi connectivity index (χ1) is 10.1. The standard InChI is InChI=1S/C18H19BrO2/c1-12(20)17-10-16(19)7-8-18(17)21-11-13-5-6-14-3-2-4-15(14)9-13/h5-10,12,20H,2-4,11H2,1H3/t12-/m0/s1. The lowest BCUT2D eigenvalue weighted by atomic mass is 10.1. The summed E-state index contributed by atoms with van der Waals surface area (Å²) in [6.45, 7) is 2.29. The maximum Gasteiger partial charge on any atom is 0.125 e. The van der Waals surface area contributed by atoms with E-state index < -0.39 is 6.10 Å². The maximum absolute atomic E-state index is 9.85. The monoisotopic (exact) mass is 346 g/mol. The summed E-state index contributed by atoms with van der Waals surface area (Å²) < 4.78 is 6.87. The third-order valence-corrected chi connectivity index (χ3v) is 4.47. The molecule has 3 heteroatoms. The SMILES string of the molecule is C[C@H](O)c1cc(Br)ccc1OCc1ccc2c(c1)CCC2. The van der Waals surface area contributed by atoms with E-state index in [2.05, 4.69) is 34.1 Å². The van der Waals surface area contributed by atoms with Crippen molar-refractivity contribution < 1.29 is 9.84 Å². The molecular formula is C18H19BrO2. The lowest BCUT2D eigenvalue weighted by Gasteiger charge is -2.14. The van der Waals surface area contributed by atoms with Gasteiger partial charge in [-0.25, -0.2) is 0 Å². The van der Waals surface area contributed by atoms with E-state index in [4.69, 9.17) is 4.74 Å². The summed E-state index contributed by atoms with van der Waals surface area (Å²) in [6, 6.07) is 12.4. The Bertz CT molecular complexity index is 650. The van der Waals surface area contributed by atoms with Crippen LogP contribution in [0.4, 0.5) is 0 Å². The molecule has 1 aliphatic rings. The molecule has 0 aliphatic heterocycles. The fourth-order valence-corrected chi connectivity index (χ4v) is 3.23. The number of fused-ring (bicyclic) bond motifs is 1. The molecule has 21 heavy (non-hydrogen) atoms. The van der Waals surface area contributed by atoms with Crippen molar-refractivity contribution >= 4 is 15.9 Å². The van der Waals surface area contributed by atoms with Crippen molar-refractivity contribution in [3.05, 3.63) is 63.1 Å². The first kappa shape index (κ1) is 14.6. The lowest BCUT2D eigenvalue weighted by Crippen LogP contribution is -2.01. The molecule has 3 rings (SSSR count). The van der Waals surface area contributed by atoms with Gasteiger partial charge in [-0.2, -0.15) is 0 Å².